The molecule has 0 aromatic heterocycles. The van der Waals surface area contributed by atoms with E-state index in [0.717, 1.165) is 24.5 Å². The van der Waals surface area contributed by atoms with Gasteiger partial charge in [-0.25, -0.2) is 0 Å². The molecule has 33 heavy (non-hydrogen) atoms. The summed E-state index contributed by atoms with van der Waals surface area (Å²) in [5.74, 6) is 0.618. The molecular formula is C27H52O3Si3. The first-order valence-electron chi connectivity index (χ1n) is 12.8. The third-order valence-electron chi connectivity index (χ3n) is 8.75. The number of hydrogen-bond donors (Lipinski definition) is 0. The molecule has 2 aliphatic rings. The van der Waals surface area contributed by atoms with Crippen molar-refractivity contribution in [1.29, 1.82) is 0 Å². The summed E-state index contributed by atoms with van der Waals surface area (Å²) < 4.78 is 14.4. The van der Waals surface area contributed by atoms with Gasteiger partial charge >= 0.3 is 0 Å². The van der Waals surface area contributed by atoms with E-state index in [0.29, 0.717) is 12.2 Å². The van der Waals surface area contributed by atoms with Crippen LogP contribution in [0.15, 0.2) is 23.4 Å². The van der Waals surface area contributed by atoms with E-state index in [1.165, 1.54) is 5.57 Å². The monoisotopic (exact) mass is 508 g/mol. The van der Waals surface area contributed by atoms with E-state index in [-0.39, 0.29) is 27.7 Å². The van der Waals surface area contributed by atoms with E-state index in [1.807, 2.05) is 6.08 Å². The van der Waals surface area contributed by atoms with Crippen molar-refractivity contribution in [3.8, 4) is 0 Å². The van der Waals surface area contributed by atoms with Gasteiger partial charge in [-0.15, -0.1) is 6.58 Å². The number of rotatable bonds is 7. The van der Waals surface area contributed by atoms with Crippen LogP contribution in [0.5, 0.6) is 0 Å². The number of fused-ring (bicyclic) bond motifs is 1. The van der Waals surface area contributed by atoms with Crippen molar-refractivity contribution in [1.82, 2.24) is 0 Å². The van der Waals surface area contributed by atoms with Gasteiger partial charge in [0, 0.05) is 12.8 Å². The van der Waals surface area contributed by atoms with Crippen molar-refractivity contribution in [3.05, 3.63) is 23.4 Å². The second-order valence-corrected chi connectivity index (χ2v) is 29.2. The number of carbonyl (C=O) groups is 1. The zero-order chi connectivity index (χ0) is 25.8. The highest BCUT2D eigenvalue weighted by molar-refractivity contribution is 6.87. The Labute approximate surface area is 208 Å². The summed E-state index contributed by atoms with van der Waals surface area (Å²) in [4.78, 5) is 13.4. The second-order valence-electron chi connectivity index (χ2n) is 14.7. The summed E-state index contributed by atoms with van der Waals surface area (Å²) in [7, 11) is -5.86. The Hall–Kier alpha value is -0.279. The summed E-state index contributed by atoms with van der Waals surface area (Å²) in [5.41, 5.74) is 1.05. The molecular weight excluding hydrogens is 457 g/mol. The Bertz CT molecular complexity index is 806. The highest BCUT2D eigenvalue weighted by Crippen LogP contribution is 2.53. The smallest absolute Gasteiger partial charge is 0.192 e. The molecule has 0 aromatic rings. The van der Waals surface area contributed by atoms with E-state index in [4.69, 9.17) is 8.85 Å². The standard InChI is InChI=1S/C27H52O3Si3/c1-15-16-27(30-33(13,14)26(5,6)7)18-20-17-21(28)24(31(8,9)10)23(20)22(19-27)29-32(11,12)25(2,3)4/h15,20,22H,1,16-19H2,2-14H3/t20-,22+,27-/m1/s1. The van der Waals surface area contributed by atoms with Crippen LogP contribution in [0.2, 0.25) is 55.9 Å². The van der Waals surface area contributed by atoms with Gasteiger partial charge in [0.1, 0.15) is 0 Å². The third kappa shape index (κ3) is 5.93. The highest BCUT2D eigenvalue weighted by Gasteiger charge is 2.55. The minimum absolute atomic E-state index is 0.0254. The lowest BCUT2D eigenvalue weighted by Crippen LogP contribution is -2.56. The summed E-state index contributed by atoms with van der Waals surface area (Å²) in [6, 6.07) is 0. The van der Waals surface area contributed by atoms with Gasteiger partial charge in [0.05, 0.1) is 19.8 Å². The van der Waals surface area contributed by atoms with E-state index in [2.05, 4.69) is 94.0 Å². The average molecular weight is 509 g/mol. The van der Waals surface area contributed by atoms with Gasteiger partial charge in [-0.3, -0.25) is 4.79 Å². The highest BCUT2D eigenvalue weighted by atomic mass is 28.4. The van der Waals surface area contributed by atoms with Gasteiger partial charge in [0.25, 0.3) is 0 Å². The minimum Gasteiger partial charge on any atom is -0.411 e. The molecule has 0 heterocycles. The number of carbonyl (C=O) groups excluding carboxylic acids is 1. The second kappa shape index (κ2) is 8.99. The average Bonchev–Trinajstić information content (AvgIpc) is 2.87. The molecule has 6 heteroatoms. The molecule has 2 aliphatic carbocycles. The summed E-state index contributed by atoms with van der Waals surface area (Å²) >= 11 is 0. The van der Waals surface area contributed by atoms with Crippen LogP contribution in [-0.4, -0.2) is 42.2 Å². The quantitative estimate of drug-likeness (QED) is 0.256. The van der Waals surface area contributed by atoms with Gasteiger partial charge in [-0.2, -0.15) is 0 Å². The normalized spacial score (nSPS) is 27.7. The van der Waals surface area contributed by atoms with Crippen LogP contribution >= 0.6 is 0 Å². The first-order chi connectivity index (χ1) is 14.6. The van der Waals surface area contributed by atoms with Crippen LogP contribution in [0.4, 0.5) is 0 Å². The van der Waals surface area contributed by atoms with Crippen molar-refractivity contribution in [2.45, 2.75) is 135 Å². The van der Waals surface area contributed by atoms with Crippen LogP contribution in [0.3, 0.4) is 0 Å². The molecule has 1 saturated carbocycles. The maximum atomic E-state index is 13.4. The van der Waals surface area contributed by atoms with Crippen molar-refractivity contribution < 1.29 is 13.6 Å². The van der Waals surface area contributed by atoms with Crippen LogP contribution in [0.1, 0.15) is 67.2 Å². The zero-order valence-electron chi connectivity index (χ0n) is 24.0. The molecule has 1 fully saturated rings. The van der Waals surface area contributed by atoms with Crippen molar-refractivity contribution >= 4 is 30.5 Å². The molecule has 0 amide bonds. The molecule has 3 atom stereocenters. The van der Waals surface area contributed by atoms with Crippen molar-refractivity contribution in [3.63, 3.8) is 0 Å². The van der Waals surface area contributed by atoms with Crippen LogP contribution in [0.25, 0.3) is 0 Å². The number of Topliss-reactive ketones (excluding diaryl/α,β-unsaturated/α-hetero) is 1. The molecule has 0 bridgehead atoms. The van der Waals surface area contributed by atoms with Gasteiger partial charge in [-0.05, 0) is 65.8 Å². The van der Waals surface area contributed by atoms with Gasteiger partial charge in [-0.1, -0.05) is 67.3 Å². The first kappa shape index (κ1) is 29.0. The largest absolute Gasteiger partial charge is 0.411 e. The molecule has 0 aromatic carbocycles. The molecule has 0 N–H and O–H groups in total. The lowest BCUT2D eigenvalue weighted by atomic mass is 9.73. The van der Waals surface area contributed by atoms with E-state index >= 15 is 0 Å². The third-order valence-corrected chi connectivity index (χ3v) is 19.9. The van der Waals surface area contributed by atoms with Gasteiger partial charge in [0.2, 0.25) is 0 Å². The predicted octanol–water partition coefficient (Wildman–Crippen LogP) is 8.27. The molecule has 0 saturated heterocycles. The van der Waals surface area contributed by atoms with Gasteiger partial charge < -0.3 is 8.85 Å². The Morgan fingerprint density at radius 3 is 1.88 bits per heavy atom. The Morgan fingerprint density at radius 2 is 1.45 bits per heavy atom. The topological polar surface area (TPSA) is 35.5 Å². The first-order valence-corrected chi connectivity index (χ1v) is 22.2. The Balaban J connectivity index is 2.65. The molecule has 2 rings (SSSR count). The maximum Gasteiger partial charge on any atom is 0.192 e. The Kier molecular flexibility index (Phi) is 7.88. The van der Waals surface area contributed by atoms with Gasteiger partial charge in [0.15, 0.2) is 22.4 Å². The maximum absolute atomic E-state index is 13.4. The lowest BCUT2D eigenvalue weighted by Gasteiger charge is -2.52. The van der Waals surface area contributed by atoms with E-state index in [1.54, 1.807) is 0 Å². The predicted molar refractivity (Wildman–Crippen MR) is 151 cm³/mol. The fourth-order valence-electron chi connectivity index (χ4n) is 5.13. The zero-order valence-corrected chi connectivity index (χ0v) is 27.0. The summed E-state index contributed by atoms with van der Waals surface area (Å²) in [6.07, 6.45) is 5.20. The fraction of sp³-hybridized carbons (Fsp3) is 0.815. The molecule has 0 unspecified atom stereocenters. The van der Waals surface area contributed by atoms with Crippen molar-refractivity contribution in [2.75, 3.05) is 0 Å². The Morgan fingerprint density at radius 1 is 0.939 bits per heavy atom. The fourth-order valence-corrected chi connectivity index (χ4v) is 10.2. The molecule has 0 aliphatic heterocycles. The number of allylic oxidation sites excluding steroid dienone is 1. The van der Waals surface area contributed by atoms with E-state index < -0.39 is 24.7 Å². The molecule has 3 nitrogen and oxygen atoms in total. The molecule has 0 spiro atoms. The molecule has 0 radical (unpaired) electrons. The number of ketones is 1. The summed E-state index contributed by atoms with van der Waals surface area (Å²) in [6.45, 7) is 34.3. The lowest BCUT2D eigenvalue weighted by molar-refractivity contribution is -0.115. The summed E-state index contributed by atoms with van der Waals surface area (Å²) in [5, 5.41) is 1.40. The van der Waals surface area contributed by atoms with Crippen molar-refractivity contribution in [2.24, 2.45) is 5.92 Å². The minimum atomic E-state index is -2.04. The van der Waals surface area contributed by atoms with Crippen LogP contribution < -0.4 is 0 Å². The van der Waals surface area contributed by atoms with E-state index in [9.17, 15) is 4.79 Å². The van der Waals surface area contributed by atoms with Crippen LogP contribution in [-0.2, 0) is 13.6 Å². The number of hydrogen-bond acceptors (Lipinski definition) is 3. The SMILES string of the molecule is C=CC[C@@]1(O[Si](C)(C)C(C)(C)C)C[C@H]2CC(=O)C([Si](C)(C)C)=C2[C@@H](O[Si](C)(C)C(C)(C)C)C1. The molecule has 190 valence electrons. The van der Waals surface area contributed by atoms with Crippen LogP contribution in [0, 0.1) is 5.92 Å².